The summed E-state index contributed by atoms with van der Waals surface area (Å²) in [5.74, 6) is -0.245. The van der Waals surface area contributed by atoms with Crippen molar-refractivity contribution >= 4 is 17.3 Å². The third-order valence-electron chi connectivity index (χ3n) is 4.14. The summed E-state index contributed by atoms with van der Waals surface area (Å²) in [5, 5.41) is 13.3. The first-order chi connectivity index (χ1) is 12.3. The monoisotopic (exact) mass is 392 g/mol. The number of ether oxygens (including phenoxy) is 1. The molecule has 2 rings (SSSR count). The normalized spacial score (nSPS) is 21.1. The summed E-state index contributed by atoms with van der Waals surface area (Å²) in [6.45, 7) is 1.38. The van der Waals surface area contributed by atoms with Gasteiger partial charge in [-0.2, -0.15) is 36.7 Å². The fourth-order valence-electron chi connectivity index (χ4n) is 2.58. The molecule has 11 heteroatoms. The third-order valence-corrected chi connectivity index (χ3v) is 4.14. The molecule has 0 aromatic heterocycles. The number of hydrogen-bond donors (Lipinski definition) is 0. The van der Waals surface area contributed by atoms with Crippen molar-refractivity contribution < 1.29 is 31.1 Å². The Hall–Kier alpha value is -2.77. The Labute approximate surface area is 150 Å². The largest absolute Gasteiger partial charge is 0.482 e. The number of nitrogens with zero attached hydrogens (tertiary/aromatic N) is 4. The Morgan fingerprint density at radius 1 is 1.26 bits per heavy atom. The smallest absolute Gasteiger partial charge is 0.431 e. The minimum Gasteiger partial charge on any atom is -0.482 e. The van der Waals surface area contributed by atoms with E-state index in [0.29, 0.717) is 6.07 Å². The van der Waals surface area contributed by atoms with Gasteiger partial charge in [0, 0.05) is 13.5 Å². The van der Waals surface area contributed by atoms with Crippen LogP contribution in [0.2, 0.25) is 0 Å². The van der Waals surface area contributed by atoms with Crippen molar-refractivity contribution in [1.82, 2.24) is 5.01 Å². The Balaban J connectivity index is 2.47. The first-order valence-electron chi connectivity index (χ1n) is 7.46. The SMILES string of the molecule is CO/C(=N\c1ccc(C#N)c(C(F)(F)F)c1)C1(C)CC(C(F)(F)F)=NN1C. The van der Waals surface area contributed by atoms with Gasteiger partial charge in [0.1, 0.15) is 11.3 Å². The summed E-state index contributed by atoms with van der Waals surface area (Å²) in [5.41, 5.74) is -4.49. The van der Waals surface area contributed by atoms with E-state index < -0.39 is 41.2 Å². The number of methoxy groups -OCH3 is 1. The van der Waals surface area contributed by atoms with E-state index in [4.69, 9.17) is 10.00 Å². The molecule has 1 aromatic carbocycles. The Morgan fingerprint density at radius 3 is 2.33 bits per heavy atom. The van der Waals surface area contributed by atoms with E-state index in [2.05, 4.69) is 10.1 Å². The van der Waals surface area contributed by atoms with E-state index >= 15 is 0 Å². The molecule has 146 valence electrons. The van der Waals surface area contributed by atoms with Gasteiger partial charge in [0.2, 0.25) is 5.90 Å². The second-order valence-electron chi connectivity index (χ2n) is 5.98. The van der Waals surface area contributed by atoms with E-state index in [9.17, 15) is 26.3 Å². The van der Waals surface area contributed by atoms with Crippen LogP contribution in [0.1, 0.15) is 24.5 Å². The Bertz CT molecular complexity index is 837. The Kier molecular flexibility index (Phi) is 5.14. The van der Waals surface area contributed by atoms with E-state index in [1.807, 2.05) is 0 Å². The van der Waals surface area contributed by atoms with E-state index in [1.165, 1.54) is 20.0 Å². The minimum absolute atomic E-state index is 0.215. The molecule has 0 N–H and O–H groups in total. The fourth-order valence-corrected chi connectivity index (χ4v) is 2.58. The molecular formula is C16H14F6N4O. The lowest BCUT2D eigenvalue weighted by molar-refractivity contribution is -0.137. The molecule has 1 aromatic rings. The maximum Gasteiger partial charge on any atom is 0.431 e. The highest BCUT2D eigenvalue weighted by molar-refractivity contribution is 6.00. The van der Waals surface area contributed by atoms with Crippen LogP contribution in [-0.4, -0.2) is 42.5 Å². The van der Waals surface area contributed by atoms with Gasteiger partial charge in [-0.15, -0.1) is 0 Å². The number of aliphatic imine (C=N–C) groups is 1. The zero-order valence-corrected chi connectivity index (χ0v) is 14.4. The summed E-state index contributed by atoms with van der Waals surface area (Å²) in [6, 6.07) is 4.16. The van der Waals surface area contributed by atoms with Crippen LogP contribution < -0.4 is 0 Å². The standard InChI is InChI=1S/C16H14F6N4O/c1-14(7-12(16(20,21)22)25-26(14)2)13(27-3)24-10-5-4-9(8-23)11(6-10)15(17,18)19/h4-6H,7H2,1-3H3/b24-13-. The molecule has 0 amide bonds. The van der Waals surface area contributed by atoms with Crippen molar-refractivity contribution in [2.45, 2.75) is 31.2 Å². The van der Waals surface area contributed by atoms with Gasteiger partial charge in [-0.3, -0.25) is 5.01 Å². The first-order valence-corrected chi connectivity index (χ1v) is 7.46. The highest BCUT2D eigenvalue weighted by Gasteiger charge is 2.50. The molecule has 0 aliphatic carbocycles. The van der Waals surface area contributed by atoms with Crippen LogP contribution in [0.5, 0.6) is 0 Å². The van der Waals surface area contributed by atoms with Crippen molar-refractivity contribution in [3.8, 4) is 6.07 Å². The van der Waals surface area contributed by atoms with Gasteiger partial charge in [-0.1, -0.05) is 0 Å². The van der Waals surface area contributed by atoms with Crippen LogP contribution in [0.4, 0.5) is 32.0 Å². The summed E-state index contributed by atoms with van der Waals surface area (Å²) in [6.07, 6.45) is -10.0. The summed E-state index contributed by atoms with van der Waals surface area (Å²) in [7, 11) is 2.44. The zero-order valence-electron chi connectivity index (χ0n) is 14.4. The zero-order chi connectivity index (χ0) is 20.6. The number of hydrazone groups is 1. The average molecular weight is 392 g/mol. The molecular weight excluding hydrogens is 378 g/mol. The summed E-state index contributed by atoms with van der Waals surface area (Å²) in [4.78, 5) is 3.95. The Morgan fingerprint density at radius 2 is 1.89 bits per heavy atom. The van der Waals surface area contributed by atoms with Crippen molar-refractivity contribution in [2.24, 2.45) is 10.1 Å². The van der Waals surface area contributed by atoms with Crippen LogP contribution in [0.15, 0.2) is 28.3 Å². The van der Waals surface area contributed by atoms with E-state index in [1.54, 1.807) is 0 Å². The molecule has 1 aliphatic rings. The van der Waals surface area contributed by atoms with Crippen LogP contribution in [0.25, 0.3) is 0 Å². The molecule has 5 nitrogen and oxygen atoms in total. The molecule has 0 radical (unpaired) electrons. The first kappa shape index (κ1) is 20.5. The van der Waals surface area contributed by atoms with Crippen molar-refractivity contribution in [2.75, 3.05) is 14.2 Å². The lowest BCUT2D eigenvalue weighted by Crippen LogP contribution is -2.46. The van der Waals surface area contributed by atoms with Gasteiger partial charge in [-0.05, 0) is 25.1 Å². The molecule has 1 heterocycles. The quantitative estimate of drug-likeness (QED) is 0.429. The highest BCUT2D eigenvalue weighted by atomic mass is 19.4. The topological polar surface area (TPSA) is 61.0 Å². The number of alkyl halides is 6. The molecule has 0 spiro atoms. The predicted molar refractivity (Wildman–Crippen MR) is 84.5 cm³/mol. The van der Waals surface area contributed by atoms with Gasteiger partial charge >= 0.3 is 12.4 Å². The van der Waals surface area contributed by atoms with E-state index in [-0.39, 0.29) is 11.6 Å². The van der Waals surface area contributed by atoms with Crippen molar-refractivity contribution in [3.63, 3.8) is 0 Å². The molecule has 1 unspecified atom stereocenters. The molecule has 0 saturated carbocycles. The lowest BCUT2D eigenvalue weighted by Gasteiger charge is -2.31. The second kappa shape index (κ2) is 6.75. The van der Waals surface area contributed by atoms with Gasteiger partial charge in [-0.25, -0.2) is 4.99 Å². The number of rotatable bonds is 2. The summed E-state index contributed by atoms with van der Waals surface area (Å²) >= 11 is 0. The number of benzene rings is 1. The number of likely N-dealkylation sites (N-methyl/N-ethyl adjacent to an activating group) is 1. The van der Waals surface area contributed by atoms with Crippen LogP contribution in [-0.2, 0) is 10.9 Å². The average Bonchev–Trinajstić information content (AvgIpc) is 2.88. The molecule has 27 heavy (non-hydrogen) atoms. The van der Waals surface area contributed by atoms with Crippen LogP contribution in [0.3, 0.4) is 0 Å². The molecule has 0 fully saturated rings. The molecule has 0 saturated heterocycles. The fraction of sp³-hybridized carbons (Fsp3) is 0.438. The van der Waals surface area contributed by atoms with Crippen LogP contribution in [0, 0.1) is 11.3 Å². The molecule has 0 bridgehead atoms. The molecule has 1 aliphatic heterocycles. The maximum atomic E-state index is 13.1. The number of hydrogen-bond acceptors (Lipinski definition) is 5. The van der Waals surface area contributed by atoms with Gasteiger partial charge < -0.3 is 4.74 Å². The van der Waals surface area contributed by atoms with E-state index in [0.717, 1.165) is 24.3 Å². The van der Waals surface area contributed by atoms with Crippen molar-refractivity contribution in [1.29, 1.82) is 5.26 Å². The number of nitriles is 1. The van der Waals surface area contributed by atoms with Gasteiger partial charge in [0.25, 0.3) is 0 Å². The lowest BCUT2D eigenvalue weighted by atomic mass is 9.95. The molecule has 1 atom stereocenters. The van der Waals surface area contributed by atoms with Gasteiger partial charge in [0.15, 0.2) is 0 Å². The number of halogens is 6. The summed E-state index contributed by atoms with van der Waals surface area (Å²) < 4.78 is 83.1. The second-order valence-corrected chi connectivity index (χ2v) is 5.98. The van der Waals surface area contributed by atoms with Gasteiger partial charge in [0.05, 0.1) is 30.0 Å². The van der Waals surface area contributed by atoms with Crippen LogP contribution >= 0.6 is 0 Å². The predicted octanol–water partition coefficient (Wildman–Crippen LogP) is 4.27. The maximum absolute atomic E-state index is 13.1. The third kappa shape index (κ3) is 3.99. The van der Waals surface area contributed by atoms with Crippen molar-refractivity contribution in [3.05, 3.63) is 29.3 Å². The highest BCUT2D eigenvalue weighted by Crippen LogP contribution is 2.37. The minimum atomic E-state index is -4.79.